The van der Waals surface area contributed by atoms with Crippen LogP contribution in [0.1, 0.15) is 13.8 Å². The van der Waals surface area contributed by atoms with Crippen LogP contribution in [-0.4, -0.2) is 10.4 Å². The highest BCUT2D eigenvalue weighted by molar-refractivity contribution is 6.08. The minimum atomic E-state index is 0.130. The molecule has 0 saturated heterocycles. The van der Waals surface area contributed by atoms with E-state index in [-0.39, 0.29) is 5.78 Å². The van der Waals surface area contributed by atoms with E-state index >= 15 is 0 Å². The number of Topliss-reactive ketones (excluding diaryl/α,β-unsaturated/α-hetero) is 1. The summed E-state index contributed by atoms with van der Waals surface area (Å²) in [5, 5.41) is 2.52. The molecule has 0 saturated carbocycles. The molecular formula is C18H17NO. The number of benzene rings is 2. The van der Waals surface area contributed by atoms with Crippen molar-refractivity contribution in [1.29, 1.82) is 0 Å². The summed E-state index contributed by atoms with van der Waals surface area (Å²) in [5.74, 6) is 0.130. The van der Waals surface area contributed by atoms with Crippen LogP contribution >= 0.6 is 0 Å². The van der Waals surface area contributed by atoms with Gasteiger partial charge < -0.3 is 4.57 Å². The van der Waals surface area contributed by atoms with Crippen LogP contribution in [0.15, 0.2) is 60.2 Å². The fourth-order valence-corrected chi connectivity index (χ4v) is 2.57. The molecule has 100 valence electrons. The first-order valence-corrected chi connectivity index (χ1v) is 6.82. The molecule has 0 aliphatic rings. The second kappa shape index (κ2) is 4.97. The van der Waals surface area contributed by atoms with Gasteiger partial charge in [0.2, 0.25) is 0 Å². The molecule has 0 aliphatic heterocycles. The lowest BCUT2D eigenvalue weighted by Gasteiger charge is -2.04. The van der Waals surface area contributed by atoms with Crippen molar-refractivity contribution in [2.45, 2.75) is 20.4 Å². The van der Waals surface area contributed by atoms with E-state index in [9.17, 15) is 4.79 Å². The van der Waals surface area contributed by atoms with Crippen LogP contribution in [-0.2, 0) is 11.3 Å². The molecule has 0 bridgehead atoms. The summed E-state index contributed by atoms with van der Waals surface area (Å²) in [5.41, 5.74) is 3.23. The van der Waals surface area contributed by atoms with Crippen LogP contribution in [0.25, 0.3) is 21.8 Å². The van der Waals surface area contributed by atoms with Gasteiger partial charge in [-0.1, -0.05) is 42.5 Å². The molecule has 3 rings (SSSR count). The van der Waals surface area contributed by atoms with Gasteiger partial charge in [-0.05, 0) is 31.6 Å². The summed E-state index contributed by atoms with van der Waals surface area (Å²) in [7, 11) is 0. The van der Waals surface area contributed by atoms with E-state index in [1.807, 2.05) is 13.0 Å². The third-order valence-corrected chi connectivity index (χ3v) is 3.82. The minimum absolute atomic E-state index is 0.130. The van der Waals surface area contributed by atoms with Crippen molar-refractivity contribution in [2.75, 3.05) is 0 Å². The highest BCUT2D eigenvalue weighted by atomic mass is 16.1. The molecule has 20 heavy (non-hydrogen) atoms. The normalized spacial score (nSPS) is 12.2. The maximum absolute atomic E-state index is 11.4. The average molecular weight is 263 g/mol. The van der Waals surface area contributed by atoms with Crippen LogP contribution in [0.5, 0.6) is 0 Å². The Kier molecular flexibility index (Phi) is 3.15. The monoisotopic (exact) mass is 263 g/mol. The van der Waals surface area contributed by atoms with Crippen LogP contribution in [0.2, 0.25) is 0 Å². The van der Waals surface area contributed by atoms with Crippen LogP contribution in [0, 0.1) is 0 Å². The highest BCUT2D eigenvalue weighted by Gasteiger charge is 2.08. The predicted molar refractivity (Wildman–Crippen MR) is 83.9 cm³/mol. The minimum Gasteiger partial charge on any atom is -0.337 e. The lowest BCUT2D eigenvalue weighted by Crippen LogP contribution is -1.98. The molecule has 0 radical (unpaired) electrons. The average Bonchev–Trinajstić information content (AvgIpc) is 2.79. The van der Waals surface area contributed by atoms with Crippen LogP contribution < -0.4 is 0 Å². The van der Waals surface area contributed by atoms with Gasteiger partial charge in [-0.25, -0.2) is 0 Å². The Labute approximate surface area is 118 Å². The molecule has 1 aromatic heterocycles. The first-order valence-electron chi connectivity index (χ1n) is 6.82. The number of carbonyl (C=O) groups is 1. The molecule has 1 heterocycles. The fraction of sp³-hybridized carbons (Fsp3) is 0.167. The number of para-hydroxylation sites is 2. The zero-order valence-corrected chi connectivity index (χ0v) is 11.8. The van der Waals surface area contributed by atoms with Crippen molar-refractivity contribution in [2.24, 2.45) is 0 Å². The molecule has 0 amide bonds. The molecule has 0 unspecified atom stereocenters. The largest absolute Gasteiger partial charge is 0.337 e. The number of aromatic nitrogens is 1. The summed E-state index contributed by atoms with van der Waals surface area (Å²) in [6, 6.07) is 16.8. The van der Waals surface area contributed by atoms with Gasteiger partial charge in [-0.15, -0.1) is 0 Å². The Morgan fingerprint density at radius 2 is 1.45 bits per heavy atom. The second-order valence-corrected chi connectivity index (χ2v) is 5.09. The third-order valence-electron chi connectivity index (χ3n) is 3.82. The molecule has 0 N–H and O–H groups in total. The summed E-state index contributed by atoms with van der Waals surface area (Å²) in [4.78, 5) is 11.4. The van der Waals surface area contributed by atoms with Crippen molar-refractivity contribution in [3.63, 3.8) is 0 Å². The fourth-order valence-electron chi connectivity index (χ4n) is 2.57. The Morgan fingerprint density at radius 3 is 1.95 bits per heavy atom. The molecular weight excluding hydrogens is 246 g/mol. The lowest BCUT2D eigenvalue weighted by molar-refractivity contribution is -0.113. The van der Waals surface area contributed by atoms with E-state index in [2.05, 4.69) is 53.1 Å². The predicted octanol–water partition coefficient (Wildman–Crippen LogP) is 4.33. The van der Waals surface area contributed by atoms with Crippen molar-refractivity contribution < 1.29 is 4.79 Å². The van der Waals surface area contributed by atoms with Crippen molar-refractivity contribution in [1.82, 2.24) is 4.57 Å². The molecule has 2 aromatic carbocycles. The Morgan fingerprint density at radius 1 is 0.950 bits per heavy atom. The topological polar surface area (TPSA) is 22.0 Å². The molecule has 0 atom stereocenters. The molecule has 2 nitrogen and oxygen atoms in total. The lowest BCUT2D eigenvalue weighted by atomic mass is 10.2. The van der Waals surface area contributed by atoms with Crippen LogP contribution in [0.3, 0.4) is 0 Å². The van der Waals surface area contributed by atoms with Gasteiger partial charge in [0.25, 0.3) is 0 Å². The quantitative estimate of drug-likeness (QED) is 0.645. The van der Waals surface area contributed by atoms with Gasteiger partial charge in [-0.3, -0.25) is 4.79 Å². The smallest absolute Gasteiger partial charge is 0.155 e. The van der Waals surface area contributed by atoms with Gasteiger partial charge in [0.05, 0.1) is 0 Å². The Balaban J connectivity index is 2.22. The summed E-state index contributed by atoms with van der Waals surface area (Å²) < 4.78 is 2.26. The van der Waals surface area contributed by atoms with Crippen molar-refractivity contribution in [3.8, 4) is 0 Å². The summed E-state index contributed by atoms with van der Waals surface area (Å²) in [6.45, 7) is 4.20. The van der Waals surface area contributed by atoms with E-state index in [1.54, 1.807) is 6.92 Å². The molecule has 2 heteroatoms. The van der Waals surface area contributed by atoms with Crippen molar-refractivity contribution >= 4 is 27.6 Å². The van der Waals surface area contributed by atoms with Gasteiger partial charge in [0, 0.05) is 28.4 Å². The molecule has 0 fully saturated rings. The SMILES string of the molecule is CC(=O)/C(C)=C/Cn1c2ccccc2c2ccccc21. The number of hydrogen-bond donors (Lipinski definition) is 0. The standard InChI is InChI=1S/C18H17NO/c1-13(14(2)20)11-12-19-17-9-5-3-7-15(17)16-8-4-6-10-18(16)19/h3-11H,12H2,1-2H3/b13-11+. The van der Waals surface area contributed by atoms with E-state index in [0.717, 1.165) is 12.1 Å². The number of hydrogen-bond acceptors (Lipinski definition) is 1. The third kappa shape index (κ3) is 2.03. The van der Waals surface area contributed by atoms with Gasteiger partial charge in [0.15, 0.2) is 5.78 Å². The van der Waals surface area contributed by atoms with Crippen molar-refractivity contribution in [3.05, 3.63) is 60.2 Å². The summed E-state index contributed by atoms with van der Waals surface area (Å²) >= 11 is 0. The molecule has 0 spiro atoms. The Hall–Kier alpha value is -2.35. The zero-order valence-electron chi connectivity index (χ0n) is 11.8. The van der Waals surface area contributed by atoms with E-state index in [4.69, 9.17) is 0 Å². The number of ketones is 1. The van der Waals surface area contributed by atoms with E-state index < -0.39 is 0 Å². The maximum Gasteiger partial charge on any atom is 0.155 e. The highest BCUT2D eigenvalue weighted by Crippen LogP contribution is 2.28. The number of nitrogens with zero attached hydrogens (tertiary/aromatic N) is 1. The maximum atomic E-state index is 11.4. The second-order valence-electron chi connectivity index (χ2n) is 5.09. The van der Waals surface area contributed by atoms with Crippen LogP contribution in [0.4, 0.5) is 0 Å². The molecule has 0 aliphatic carbocycles. The van der Waals surface area contributed by atoms with Gasteiger partial charge in [0.1, 0.15) is 0 Å². The number of fused-ring (bicyclic) bond motifs is 3. The number of rotatable bonds is 3. The van der Waals surface area contributed by atoms with Gasteiger partial charge >= 0.3 is 0 Å². The Bertz CT molecular complexity index is 770. The van der Waals surface area contributed by atoms with Gasteiger partial charge in [-0.2, -0.15) is 0 Å². The van der Waals surface area contributed by atoms with E-state index in [1.165, 1.54) is 21.8 Å². The number of allylic oxidation sites excluding steroid dienone is 2. The first kappa shape index (κ1) is 12.7. The number of carbonyl (C=O) groups excluding carboxylic acids is 1. The molecule has 3 aromatic rings. The zero-order chi connectivity index (χ0) is 14.1. The summed E-state index contributed by atoms with van der Waals surface area (Å²) in [6.07, 6.45) is 2.00. The first-order chi connectivity index (χ1) is 9.68. The van der Waals surface area contributed by atoms with E-state index in [0.29, 0.717) is 0 Å².